The number of carbonyl (C=O) groups is 3. The number of rotatable bonds is 6. The molecule has 166 valence electrons. The molecule has 1 aliphatic rings. The Kier molecular flexibility index (Phi) is 6.34. The highest BCUT2D eigenvalue weighted by molar-refractivity contribution is 5.95. The first kappa shape index (κ1) is 21.4. The summed E-state index contributed by atoms with van der Waals surface area (Å²) in [6.45, 7) is 1.81. The molecule has 8 nitrogen and oxygen atoms in total. The minimum atomic E-state index is -0.394. The number of halogens is 1. The summed E-state index contributed by atoms with van der Waals surface area (Å²) in [5.41, 5.74) is 0.831. The molecule has 0 atom stereocenters. The van der Waals surface area contributed by atoms with Gasteiger partial charge in [0.2, 0.25) is 5.91 Å². The van der Waals surface area contributed by atoms with Crippen molar-refractivity contribution in [1.82, 2.24) is 19.7 Å². The van der Waals surface area contributed by atoms with Crippen molar-refractivity contribution in [1.29, 1.82) is 0 Å². The first-order valence-corrected chi connectivity index (χ1v) is 10.3. The molecule has 4 rings (SSSR count). The molecule has 2 aromatic heterocycles. The summed E-state index contributed by atoms with van der Waals surface area (Å²) >= 11 is 0. The molecule has 3 aromatic rings. The lowest BCUT2D eigenvalue weighted by molar-refractivity contribution is -0.121. The van der Waals surface area contributed by atoms with Gasteiger partial charge in [-0.05, 0) is 48.5 Å². The van der Waals surface area contributed by atoms with E-state index in [1.54, 1.807) is 44.8 Å². The Morgan fingerprint density at radius 2 is 1.59 bits per heavy atom. The summed E-state index contributed by atoms with van der Waals surface area (Å²) in [6.07, 6.45) is 3.23. The third-order valence-electron chi connectivity index (χ3n) is 5.35. The van der Waals surface area contributed by atoms with Crippen LogP contribution in [0.3, 0.4) is 0 Å². The van der Waals surface area contributed by atoms with Crippen LogP contribution in [0.4, 0.5) is 4.39 Å². The van der Waals surface area contributed by atoms with Crippen LogP contribution < -0.4 is 5.32 Å². The van der Waals surface area contributed by atoms with Crippen LogP contribution >= 0.6 is 0 Å². The van der Waals surface area contributed by atoms with Crippen molar-refractivity contribution in [3.8, 4) is 0 Å². The first-order valence-electron chi connectivity index (χ1n) is 10.3. The molecule has 1 aromatic carbocycles. The summed E-state index contributed by atoms with van der Waals surface area (Å²) in [6, 6.07) is 12.3. The van der Waals surface area contributed by atoms with Gasteiger partial charge in [-0.1, -0.05) is 0 Å². The number of piperazine rings is 1. The molecular formula is C23H23FN4O4. The van der Waals surface area contributed by atoms with E-state index in [0.29, 0.717) is 43.2 Å². The van der Waals surface area contributed by atoms with Crippen LogP contribution in [0.25, 0.3) is 0 Å². The Morgan fingerprint density at radius 1 is 0.906 bits per heavy atom. The molecule has 32 heavy (non-hydrogen) atoms. The number of carbonyl (C=O) groups excluding carboxylic acids is 3. The molecule has 3 amide bonds. The van der Waals surface area contributed by atoms with Gasteiger partial charge in [-0.15, -0.1) is 0 Å². The van der Waals surface area contributed by atoms with E-state index >= 15 is 0 Å². The Bertz CT molecular complexity index is 1080. The van der Waals surface area contributed by atoms with Crippen molar-refractivity contribution in [3.05, 3.63) is 83.8 Å². The topological polar surface area (TPSA) is 87.8 Å². The average Bonchev–Trinajstić information content (AvgIpc) is 3.49. The van der Waals surface area contributed by atoms with Gasteiger partial charge < -0.3 is 24.1 Å². The maximum absolute atomic E-state index is 13.1. The molecule has 1 saturated heterocycles. The molecule has 0 unspecified atom stereocenters. The standard InChI is InChI=1S/C23H23FN4O4/c24-18-7-5-17(6-8-18)22(30)26-10-12-27(13-11-26)23(31)20-4-1-9-28(20)16-21(29)25-15-19-3-2-14-32-19/h1-9,14H,10-13,15-16H2,(H,25,29). The minimum absolute atomic E-state index is 0.0117. The third-order valence-corrected chi connectivity index (χ3v) is 5.35. The quantitative estimate of drug-likeness (QED) is 0.639. The van der Waals surface area contributed by atoms with Crippen LogP contribution in [0.5, 0.6) is 0 Å². The number of aromatic nitrogens is 1. The van der Waals surface area contributed by atoms with Gasteiger partial charge in [0.25, 0.3) is 11.8 Å². The van der Waals surface area contributed by atoms with Crippen molar-refractivity contribution in [2.45, 2.75) is 13.1 Å². The van der Waals surface area contributed by atoms with E-state index in [0.717, 1.165) is 0 Å². The zero-order chi connectivity index (χ0) is 22.5. The highest BCUT2D eigenvalue weighted by Gasteiger charge is 2.27. The van der Waals surface area contributed by atoms with Crippen LogP contribution in [0.1, 0.15) is 26.6 Å². The van der Waals surface area contributed by atoms with Crippen LogP contribution in [-0.2, 0) is 17.9 Å². The van der Waals surface area contributed by atoms with Gasteiger partial charge >= 0.3 is 0 Å². The summed E-state index contributed by atoms with van der Waals surface area (Å²) in [4.78, 5) is 41.2. The Hall–Kier alpha value is -3.88. The zero-order valence-corrected chi connectivity index (χ0v) is 17.4. The van der Waals surface area contributed by atoms with Gasteiger partial charge in [0, 0.05) is 37.9 Å². The average molecular weight is 438 g/mol. The third kappa shape index (κ3) is 4.88. The van der Waals surface area contributed by atoms with Crippen LogP contribution in [0.2, 0.25) is 0 Å². The predicted octanol–water partition coefficient (Wildman–Crippen LogP) is 2.13. The Labute approximate surface area is 184 Å². The second-order valence-electron chi connectivity index (χ2n) is 7.47. The molecule has 0 saturated carbocycles. The maximum atomic E-state index is 13.1. The van der Waals surface area contributed by atoms with Crippen molar-refractivity contribution in [2.24, 2.45) is 0 Å². The Morgan fingerprint density at radius 3 is 2.25 bits per heavy atom. The second kappa shape index (κ2) is 9.51. The first-order chi connectivity index (χ1) is 15.5. The van der Waals surface area contributed by atoms with Gasteiger partial charge in [0.1, 0.15) is 23.8 Å². The van der Waals surface area contributed by atoms with Crippen molar-refractivity contribution in [3.63, 3.8) is 0 Å². The smallest absolute Gasteiger partial charge is 0.270 e. The van der Waals surface area contributed by atoms with Gasteiger partial charge in [-0.3, -0.25) is 14.4 Å². The molecule has 0 spiro atoms. The number of nitrogens with zero attached hydrogens (tertiary/aromatic N) is 3. The fourth-order valence-electron chi connectivity index (χ4n) is 3.61. The number of furan rings is 1. The lowest BCUT2D eigenvalue weighted by Gasteiger charge is -2.35. The van der Waals surface area contributed by atoms with Gasteiger partial charge in [0.05, 0.1) is 12.8 Å². The van der Waals surface area contributed by atoms with E-state index in [4.69, 9.17) is 4.42 Å². The number of amides is 3. The summed E-state index contributed by atoms with van der Waals surface area (Å²) in [5, 5.41) is 2.76. The molecule has 0 aliphatic carbocycles. The Balaban J connectivity index is 1.31. The van der Waals surface area contributed by atoms with Crippen molar-refractivity contribution in [2.75, 3.05) is 26.2 Å². The molecule has 3 heterocycles. The van der Waals surface area contributed by atoms with Gasteiger partial charge in [0.15, 0.2) is 0 Å². The highest BCUT2D eigenvalue weighted by atomic mass is 19.1. The van der Waals surface area contributed by atoms with Crippen molar-refractivity contribution >= 4 is 17.7 Å². The summed E-state index contributed by atoms with van der Waals surface area (Å²) < 4.78 is 19.9. The molecule has 1 N–H and O–H groups in total. The fourth-order valence-corrected chi connectivity index (χ4v) is 3.61. The van der Waals surface area contributed by atoms with E-state index in [9.17, 15) is 18.8 Å². The largest absolute Gasteiger partial charge is 0.467 e. The fraction of sp³-hybridized carbons (Fsp3) is 0.261. The van der Waals surface area contributed by atoms with Gasteiger partial charge in [-0.25, -0.2) is 4.39 Å². The SMILES string of the molecule is O=C(Cn1cccc1C(=O)N1CCN(C(=O)c2ccc(F)cc2)CC1)NCc1ccco1. The monoisotopic (exact) mass is 438 g/mol. The van der Waals surface area contributed by atoms with Gasteiger partial charge in [-0.2, -0.15) is 0 Å². The van der Waals surface area contributed by atoms with E-state index in [1.165, 1.54) is 30.5 Å². The molecule has 1 aliphatic heterocycles. The number of hydrogen-bond donors (Lipinski definition) is 1. The van der Waals surface area contributed by atoms with Crippen LogP contribution in [-0.4, -0.2) is 58.3 Å². The maximum Gasteiger partial charge on any atom is 0.270 e. The van der Waals surface area contributed by atoms with E-state index in [-0.39, 0.29) is 30.8 Å². The molecule has 0 bridgehead atoms. The summed E-state index contributed by atoms with van der Waals surface area (Å²) in [7, 11) is 0. The van der Waals surface area contributed by atoms with E-state index < -0.39 is 5.82 Å². The van der Waals surface area contributed by atoms with Crippen LogP contribution in [0, 0.1) is 5.82 Å². The molecule has 0 radical (unpaired) electrons. The van der Waals surface area contributed by atoms with Crippen LogP contribution in [0.15, 0.2) is 65.4 Å². The number of nitrogens with one attached hydrogen (secondary N) is 1. The normalized spacial score (nSPS) is 13.8. The highest BCUT2D eigenvalue weighted by Crippen LogP contribution is 2.13. The minimum Gasteiger partial charge on any atom is -0.467 e. The second-order valence-corrected chi connectivity index (χ2v) is 7.47. The lowest BCUT2D eigenvalue weighted by Crippen LogP contribution is -2.51. The molecule has 1 fully saturated rings. The van der Waals surface area contributed by atoms with E-state index in [1.807, 2.05) is 0 Å². The number of hydrogen-bond acceptors (Lipinski definition) is 4. The zero-order valence-electron chi connectivity index (χ0n) is 17.4. The molecular weight excluding hydrogens is 415 g/mol. The van der Waals surface area contributed by atoms with E-state index in [2.05, 4.69) is 5.32 Å². The predicted molar refractivity (Wildman–Crippen MR) is 113 cm³/mol. The summed E-state index contributed by atoms with van der Waals surface area (Å²) in [5.74, 6) is -0.359. The van der Waals surface area contributed by atoms with Crippen molar-refractivity contribution < 1.29 is 23.2 Å². The lowest BCUT2D eigenvalue weighted by atomic mass is 10.1. The molecule has 9 heteroatoms. The number of benzene rings is 1.